The summed E-state index contributed by atoms with van der Waals surface area (Å²) in [5.41, 5.74) is 4.90. The fourth-order valence-corrected chi connectivity index (χ4v) is 6.14. The summed E-state index contributed by atoms with van der Waals surface area (Å²) in [6.45, 7) is 4.25. The maximum Gasteiger partial charge on any atom is 0.214 e. The van der Waals surface area contributed by atoms with Crippen LogP contribution in [-0.2, 0) is 10.0 Å². The Balaban J connectivity index is 1.53. The van der Waals surface area contributed by atoms with E-state index in [1.165, 1.54) is 5.69 Å². The van der Waals surface area contributed by atoms with Gasteiger partial charge in [-0.15, -0.1) is 0 Å². The highest BCUT2D eigenvalue weighted by molar-refractivity contribution is 7.90. The second-order valence-electron chi connectivity index (χ2n) is 7.86. The van der Waals surface area contributed by atoms with Crippen LogP contribution in [-0.4, -0.2) is 39.1 Å². The van der Waals surface area contributed by atoms with Gasteiger partial charge in [0.1, 0.15) is 0 Å². The third-order valence-corrected chi connectivity index (χ3v) is 7.91. The van der Waals surface area contributed by atoms with E-state index in [0.29, 0.717) is 5.92 Å². The molecule has 8 heteroatoms. The lowest BCUT2D eigenvalue weighted by Crippen LogP contribution is -2.35. The Morgan fingerprint density at radius 1 is 1.31 bits per heavy atom. The molecule has 0 bridgehead atoms. The van der Waals surface area contributed by atoms with Crippen molar-refractivity contribution in [2.24, 2.45) is 5.92 Å². The number of nitrogens with one attached hydrogen (secondary N) is 2. The Labute approximate surface area is 152 Å². The number of hydrogen-bond acceptors (Lipinski definition) is 4. The standard InChI is InChI=1S/C18H23N5O2S/c1-10-7-12(22-26(24,25)13-3-4-13)8-14(10)17-11(2)21-16-9-20-18-15(23(16)17)5-6-19-18/h5-6,9-10,12-14,19,22H,3-4,7-8H2,1-2H3/t10-,12+,14+/m1/s1. The summed E-state index contributed by atoms with van der Waals surface area (Å²) in [5, 5.41) is -0.167. The number of rotatable bonds is 4. The summed E-state index contributed by atoms with van der Waals surface area (Å²) in [6.07, 6.45) is 6.96. The molecule has 3 aromatic heterocycles. The molecule has 2 saturated carbocycles. The summed E-state index contributed by atoms with van der Waals surface area (Å²) in [6, 6.07) is 2.03. The summed E-state index contributed by atoms with van der Waals surface area (Å²) < 4.78 is 29.8. The SMILES string of the molecule is Cc1nc2cnc3[nH]ccc3n2c1[C@H]1C[C@@H](NS(=O)(=O)C2CC2)C[C@H]1C. The van der Waals surface area contributed by atoms with E-state index in [1.807, 2.05) is 19.2 Å². The molecule has 2 N–H and O–H groups in total. The lowest BCUT2D eigenvalue weighted by molar-refractivity contribution is 0.515. The van der Waals surface area contributed by atoms with Crippen LogP contribution in [0, 0.1) is 12.8 Å². The lowest BCUT2D eigenvalue weighted by atomic mass is 9.93. The van der Waals surface area contributed by atoms with Crippen LogP contribution in [0.3, 0.4) is 0 Å². The molecule has 7 nitrogen and oxygen atoms in total. The van der Waals surface area contributed by atoms with Gasteiger partial charge in [0.15, 0.2) is 11.3 Å². The molecule has 138 valence electrons. The molecule has 0 radical (unpaired) electrons. The molecule has 3 aromatic rings. The first-order valence-electron chi connectivity index (χ1n) is 9.26. The van der Waals surface area contributed by atoms with Crippen molar-refractivity contribution in [3.63, 3.8) is 0 Å². The van der Waals surface area contributed by atoms with Gasteiger partial charge in [0.2, 0.25) is 10.0 Å². The van der Waals surface area contributed by atoms with Crippen LogP contribution in [0.15, 0.2) is 18.5 Å². The highest BCUT2D eigenvalue weighted by atomic mass is 32.2. The fraction of sp³-hybridized carbons (Fsp3) is 0.556. The van der Waals surface area contributed by atoms with E-state index in [4.69, 9.17) is 4.98 Å². The molecule has 3 heterocycles. The van der Waals surface area contributed by atoms with Gasteiger partial charge < -0.3 is 4.98 Å². The molecule has 0 aliphatic heterocycles. The van der Waals surface area contributed by atoms with Crippen molar-refractivity contribution in [2.45, 2.75) is 56.7 Å². The number of fused-ring (bicyclic) bond motifs is 3. The quantitative estimate of drug-likeness (QED) is 0.735. The minimum atomic E-state index is -3.15. The molecule has 26 heavy (non-hydrogen) atoms. The predicted octanol–water partition coefficient (Wildman–Crippen LogP) is 2.48. The van der Waals surface area contributed by atoms with Gasteiger partial charge in [-0.1, -0.05) is 6.92 Å². The summed E-state index contributed by atoms with van der Waals surface area (Å²) >= 11 is 0. The average Bonchev–Trinajstić information content (AvgIpc) is 3.12. The van der Waals surface area contributed by atoms with E-state index in [-0.39, 0.29) is 17.2 Å². The van der Waals surface area contributed by atoms with E-state index in [0.717, 1.165) is 48.2 Å². The number of sulfonamides is 1. The normalized spacial score (nSPS) is 26.9. The molecule has 2 aliphatic rings. The second kappa shape index (κ2) is 5.53. The number of aromatic amines is 1. The Morgan fingerprint density at radius 2 is 2.12 bits per heavy atom. The fourth-order valence-electron chi connectivity index (χ4n) is 4.53. The molecule has 0 unspecified atom stereocenters. The molecule has 2 aliphatic carbocycles. The number of imidazole rings is 1. The Hall–Kier alpha value is -1.93. The number of nitrogens with zero attached hydrogens (tertiary/aromatic N) is 3. The molecule has 0 saturated heterocycles. The zero-order valence-electron chi connectivity index (χ0n) is 14.9. The van der Waals surface area contributed by atoms with Crippen LogP contribution in [0.2, 0.25) is 0 Å². The molecule has 0 amide bonds. The Morgan fingerprint density at radius 3 is 2.88 bits per heavy atom. The highest BCUT2D eigenvalue weighted by Gasteiger charge is 2.41. The molecular formula is C18H23N5O2S. The first-order valence-corrected chi connectivity index (χ1v) is 10.8. The van der Waals surface area contributed by atoms with Gasteiger partial charge in [0.05, 0.1) is 22.7 Å². The molecule has 2 fully saturated rings. The van der Waals surface area contributed by atoms with E-state index in [9.17, 15) is 8.42 Å². The summed E-state index contributed by atoms with van der Waals surface area (Å²) in [7, 11) is -3.15. The highest BCUT2D eigenvalue weighted by Crippen LogP contribution is 2.42. The minimum Gasteiger partial charge on any atom is -0.345 e. The monoisotopic (exact) mass is 373 g/mol. The van der Waals surface area contributed by atoms with Crippen LogP contribution in [0.5, 0.6) is 0 Å². The van der Waals surface area contributed by atoms with Gasteiger partial charge in [-0.3, -0.25) is 4.40 Å². The summed E-state index contributed by atoms with van der Waals surface area (Å²) in [5.74, 6) is 0.667. The van der Waals surface area contributed by atoms with E-state index < -0.39 is 10.0 Å². The zero-order valence-corrected chi connectivity index (χ0v) is 15.8. The van der Waals surface area contributed by atoms with Crippen molar-refractivity contribution >= 4 is 26.8 Å². The van der Waals surface area contributed by atoms with Crippen molar-refractivity contribution in [1.82, 2.24) is 24.1 Å². The first kappa shape index (κ1) is 16.3. The second-order valence-corrected chi connectivity index (χ2v) is 9.85. The van der Waals surface area contributed by atoms with Gasteiger partial charge >= 0.3 is 0 Å². The molecular weight excluding hydrogens is 350 g/mol. The Bertz CT molecular complexity index is 1100. The van der Waals surface area contributed by atoms with Crippen molar-refractivity contribution < 1.29 is 8.42 Å². The van der Waals surface area contributed by atoms with Gasteiger partial charge in [0.25, 0.3) is 0 Å². The van der Waals surface area contributed by atoms with E-state index in [2.05, 4.69) is 26.0 Å². The predicted molar refractivity (Wildman–Crippen MR) is 99.6 cm³/mol. The topological polar surface area (TPSA) is 92.2 Å². The first-order chi connectivity index (χ1) is 12.4. The van der Waals surface area contributed by atoms with Crippen LogP contribution in [0.4, 0.5) is 0 Å². The zero-order chi connectivity index (χ0) is 18.1. The number of aryl methyl sites for hydroxylation is 1. The Kier molecular flexibility index (Phi) is 3.46. The van der Waals surface area contributed by atoms with Gasteiger partial charge in [0, 0.05) is 23.9 Å². The van der Waals surface area contributed by atoms with Crippen molar-refractivity contribution in [3.05, 3.63) is 29.8 Å². The molecule has 0 spiro atoms. The van der Waals surface area contributed by atoms with Crippen LogP contribution in [0.25, 0.3) is 16.8 Å². The van der Waals surface area contributed by atoms with Crippen LogP contribution < -0.4 is 4.72 Å². The molecule has 0 aromatic carbocycles. The average molecular weight is 373 g/mol. The third-order valence-electron chi connectivity index (χ3n) is 5.90. The number of aromatic nitrogens is 4. The van der Waals surface area contributed by atoms with Gasteiger partial charge in [-0.25, -0.2) is 23.1 Å². The van der Waals surface area contributed by atoms with Gasteiger partial charge in [-0.05, 0) is 44.6 Å². The van der Waals surface area contributed by atoms with Crippen molar-refractivity contribution in [3.8, 4) is 0 Å². The van der Waals surface area contributed by atoms with E-state index >= 15 is 0 Å². The van der Waals surface area contributed by atoms with Crippen molar-refractivity contribution in [2.75, 3.05) is 0 Å². The van der Waals surface area contributed by atoms with Crippen LogP contribution >= 0.6 is 0 Å². The smallest absolute Gasteiger partial charge is 0.214 e. The third kappa shape index (κ3) is 2.46. The van der Waals surface area contributed by atoms with Gasteiger partial charge in [-0.2, -0.15) is 0 Å². The van der Waals surface area contributed by atoms with Crippen LogP contribution in [0.1, 0.15) is 49.9 Å². The maximum atomic E-state index is 12.3. The number of hydrogen-bond donors (Lipinski definition) is 2. The van der Waals surface area contributed by atoms with Crippen molar-refractivity contribution in [1.29, 1.82) is 0 Å². The number of H-pyrrole nitrogens is 1. The lowest BCUT2D eigenvalue weighted by Gasteiger charge is -2.17. The molecule has 5 rings (SSSR count). The summed E-state index contributed by atoms with van der Waals surface area (Å²) in [4.78, 5) is 12.3. The molecule has 3 atom stereocenters. The minimum absolute atomic E-state index is 0.00843. The largest absolute Gasteiger partial charge is 0.345 e. The van der Waals surface area contributed by atoms with E-state index in [1.54, 1.807) is 6.20 Å². The maximum absolute atomic E-state index is 12.3.